The molecule has 15 atom stereocenters. The fourth-order valence-electron chi connectivity index (χ4n) is 11.8. The van der Waals surface area contributed by atoms with Gasteiger partial charge in [-0.1, -0.05) is 30.7 Å². The molecule has 508 valence electrons. The Morgan fingerprint density at radius 3 is 1.53 bits per heavy atom. The van der Waals surface area contributed by atoms with Gasteiger partial charge in [0.05, 0.1) is 37.1 Å². The van der Waals surface area contributed by atoms with Crippen LogP contribution >= 0.6 is 0 Å². The molecule has 6 rings (SSSR count). The van der Waals surface area contributed by atoms with Crippen molar-refractivity contribution in [3.8, 4) is 11.5 Å². The van der Waals surface area contributed by atoms with Crippen LogP contribution in [-0.4, -0.2) is 262 Å². The van der Waals surface area contributed by atoms with Crippen LogP contribution in [0, 0.1) is 0 Å². The number of unbranched alkanes of at least 4 members (excludes halogenated alkanes) is 2. The zero-order chi connectivity index (χ0) is 67.7. The topological polar surface area (TPSA) is 513 Å². The number of aliphatic hydroxyl groups is 5. The summed E-state index contributed by atoms with van der Waals surface area (Å²) < 4.78 is 0. The summed E-state index contributed by atoms with van der Waals surface area (Å²) in [7, 11) is 0. The molecule has 20 N–H and O–H groups in total. The molecule has 0 aliphatic carbocycles. The Morgan fingerprint density at radius 2 is 1.00 bits per heavy atom. The van der Waals surface area contributed by atoms with Crippen molar-refractivity contribution in [1.82, 2.24) is 51.5 Å². The number of likely N-dealkylation sites (tertiary alicyclic amines) is 4. The van der Waals surface area contributed by atoms with E-state index in [1.54, 1.807) is 0 Å². The van der Waals surface area contributed by atoms with E-state index in [0.29, 0.717) is 56.2 Å². The number of carboxylic acid groups (broad SMARTS) is 1. The Bertz CT molecular complexity index is 2930. The number of β-amino-alcohol motifs (C(OH)–C–C–N with tert-alkyl or cyclic N) is 3. The maximum absolute atomic E-state index is 14.9. The molecule has 10 amide bonds. The van der Waals surface area contributed by atoms with Crippen molar-refractivity contribution in [2.24, 2.45) is 17.2 Å². The van der Waals surface area contributed by atoms with Crippen LogP contribution in [0.4, 0.5) is 0 Å². The van der Waals surface area contributed by atoms with Gasteiger partial charge >= 0.3 is 5.97 Å². The minimum Gasteiger partial charge on any atom is -0.508 e. The fraction of sp³-hybridized carbons (Fsp3) is 0.617. The summed E-state index contributed by atoms with van der Waals surface area (Å²) in [5.41, 5.74) is 18.1. The molecule has 2 aromatic rings. The van der Waals surface area contributed by atoms with Crippen LogP contribution in [0.2, 0.25) is 0 Å². The van der Waals surface area contributed by atoms with Crippen LogP contribution < -0.4 is 49.1 Å². The molecule has 0 spiro atoms. The number of benzene rings is 2. The van der Waals surface area contributed by atoms with E-state index in [0.717, 1.165) is 21.6 Å². The highest BCUT2D eigenvalue weighted by molar-refractivity contribution is 6.00. The predicted molar refractivity (Wildman–Crippen MR) is 324 cm³/mol. The molecular weight excluding hydrogens is 1210 g/mol. The third-order valence-electron chi connectivity index (χ3n) is 16.9. The summed E-state index contributed by atoms with van der Waals surface area (Å²) in [5, 5.41) is 98.8. The summed E-state index contributed by atoms with van der Waals surface area (Å²) in [4.78, 5) is 157. The number of hydrogen-bond donors (Lipinski definition) is 17. The van der Waals surface area contributed by atoms with Gasteiger partial charge in [-0.3, -0.25) is 47.9 Å². The number of carbonyl (C=O) groups excluding carboxylic acids is 10. The van der Waals surface area contributed by atoms with Crippen molar-refractivity contribution in [1.29, 1.82) is 0 Å². The van der Waals surface area contributed by atoms with E-state index in [4.69, 9.17) is 17.2 Å². The van der Waals surface area contributed by atoms with E-state index in [9.17, 15) is 93.6 Å². The Hall–Kier alpha value is -8.11. The average molecular weight is 1300 g/mol. The molecule has 2 aromatic carbocycles. The third-order valence-corrected chi connectivity index (χ3v) is 16.9. The number of carboxylic acids is 1. The van der Waals surface area contributed by atoms with Crippen LogP contribution in [0.1, 0.15) is 95.6 Å². The van der Waals surface area contributed by atoms with Gasteiger partial charge in [0.25, 0.3) is 0 Å². The maximum atomic E-state index is 14.9. The van der Waals surface area contributed by atoms with E-state index in [1.165, 1.54) is 60.4 Å². The molecule has 0 aromatic heterocycles. The summed E-state index contributed by atoms with van der Waals surface area (Å²) in [6.45, 7) is 0.835. The van der Waals surface area contributed by atoms with Gasteiger partial charge < -0.3 is 110 Å². The molecule has 0 bridgehead atoms. The molecule has 4 saturated heterocycles. The van der Waals surface area contributed by atoms with Gasteiger partial charge in [0.15, 0.2) is 0 Å². The van der Waals surface area contributed by atoms with Gasteiger partial charge in [-0.25, -0.2) is 4.79 Å². The Morgan fingerprint density at radius 1 is 0.533 bits per heavy atom. The van der Waals surface area contributed by atoms with Crippen LogP contribution in [0.25, 0.3) is 0 Å². The number of amides is 10. The lowest BCUT2D eigenvalue weighted by atomic mass is 10.0. The molecule has 4 aliphatic rings. The van der Waals surface area contributed by atoms with E-state index >= 15 is 0 Å². The quantitative estimate of drug-likeness (QED) is 0.0312. The van der Waals surface area contributed by atoms with Crippen LogP contribution in [0.15, 0.2) is 48.5 Å². The molecule has 0 radical (unpaired) electrons. The van der Waals surface area contributed by atoms with Gasteiger partial charge in [0.2, 0.25) is 59.1 Å². The van der Waals surface area contributed by atoms with E-state index in [-0.39, 0.29) is 50.3 Å². The van der Waals surface area contributed by atoms with Gasteiger partial charge in [0.1, 0.15) is 71.9 Å². The number of phenols is 2. The second-order valence-corrected chi connectivity index (χ2v) is 24.0. The first kappa shape index (κ1) is 72.9. The zero-order valence-electron chi connectivity index (χ0n) is 51.5. The average Bonchev–Trinajstić information content (AvgIpc) is 1.63. The minimum atomic E-state index is -1.79. The van der Waals surface area contributed by atoms with Crippen LogP contribution in [0.3, 0.4) is 0 Å². The number of rotatable bonds is 31. The predicted octanol–water partition coefficient (Wildman–Crippen LogP) is -6.27. The van der Waals surface area contributed by atoms with Crippen LogP contribution in [0.5, 0.6) is 11.5 Å². The fourth-order valence-corrected chi connectivity index (χ4v) is 11.8. The first-order valence-corrected chi connectivity index (χ1v) is 31.0. The minimum absolute atomic E-state index is 0.0622. The summed E-state index contributed by atoms with van der Waals surface area (Å²) in [6.07, 6.45) is -4.48. The molecule has 4 fully saturated rings. The van der Waals surface area contributed by atoms with Crippen molar-refractivity contribution in [2.45, 2.75) is 188 Å². The number of carbonyl (C=O) groups is 11. The molecular formula is C60H89N13O19. The molecule has 0 unspecified atom stereocenters. The monoisotopic (exact) mass is 1300 g/mol. The molecule has 4 heterocycles. The molecule has 32 heteroatoms. The number of phenolic OH excluding ortho intramolecular Hbond substituents is 2. The Labute approximate surface area is 530 Å². The number of nitrogens with zero attached hydrogens (tertiary/aromatic N) is 4. The third kappa shape index (κ3) is 19.5. The van der Waals surface area contributed by atoms with E-state index in [1.807, 2.05) is 0 Å². The first-order chi connectivity index (χ1) is 43.7. The van der Waals surface area contributed by atoms with Crippen molar-refractivity contribution in [3.05, 3.63) is 59.7 Å². The standard InChI is InChI=1S/C60H89N13O19/c1-31(64-51(82)40(63)8-3-5-19-61)50(81)65-41(9-4-6-20-62)56(87)70-21-7-10-45(70)53(84)68-44(30-74)52(83)66-42(22-33-11-15-35(76)16-12-33)57(88)72-28-38(79)25-47(72)59(90)73-29-39(80)26-48(73)58(89)71-27-37(78)24-46(71)54(85)69-49(32(2)75)55(86)67-43(60(91)92)23-34-13-17-36(77)18-14-34/h11-18,31-32,37-49,74-80H,3-10,19-30,61-63H2,1-2H3,(H,64,82)(H,65,81)(H,66,83)(H,67,86)(H,68,84)(H,69,85)(H,91,92)/t31-,32+,37+,38+,39+,40-,41-,42-,43-,44-,45-,46-,47-,48-,49-/m0/s1. The second-order valence-electron chi connectivity index (χ2n) is 24.0. The summed E-state index contributed by atoms with van der Waals surface area (Å²) >= 11 is 0. The van der Waals surface area contributed by atoms with Crippen molar-refractivity contribution < 1.29 is 93.6 Å². The van der Waals surface area contributed by atoms with E-state index < -0.39 is 201 Å². The number of hydrogen-bond acceptors (Lipinski definition) is 21. The summed E-state index contributed by atoms with van der Waals surface area (Å²) in [5.74, 6) is -10.6. The number of aromatic hydroxyl groups is 2. The smallest absolute Gasteiger partial charge is 0.326 e. The Kier molecular flexibility index (Phi) is 26.9. The normalized spacial score (nSPS) is 23.0. The van der Waals surface area contributed by atoms with Crippen molar-refractivity contribution in [3.63, 3.8) is 0 Å². The van der Waals surface area contributed by atoms with Crippen LogP contribution in [-0.2, 0) is 65.6 Å². The number of nitrogens with one attached hydrogen (secondary N) is 6. The molecule has 4 aliphatic heterocycles. The van der Waals surface area contributed by atoms with Gasteiger partial charge in [-0.05, 0) is 107 Å². The SMILES string of the molecule is C[C@H](NC(=O)[C@@H](N)CCCCN)C(=O)N[C@@H](CCCCN)C(=O)N1CCC[C@H]1C(=O)N[C@@H](CO)C(=O)N[C@@H](Cc1ccc(O)cc1)C(=O)N1C[C@H](O)C[C@H]1C(=O)N1C[C@H](O)C[C@H]1C(=O)N1C[C@H](O)C[C@H]1C(=O)N[C@H](C(=O)N[C@@H](Cc1ccc(O)cc1)C(=O)O)[C@@H](C)O. The lowest BCUT2D eigenvalue weighted by Crippen LogP contribution is -2.61. The highest BCUT2D eigenvalue weighted by atomic mass is 16.4. The number of aliphatic hydroxyl groups excluding tert-OH is 5. The zero-order valence-corrected chi connectivity index (χ0v) is 51.5. The van der Waals surface area contributed by atoms with Crippen molar-refractivity contribution >= 4 is 65.0 Å². The van der Waals surface area contributed by atoms with Gasteiger partial charge in [0, 0.05) is 58.3 Å². The van der Waals surface area contributed by atoms with E-state index in [2.05, 4.69) is 31.9 Å². The first-order valence-electron chi connectivity index (χ1n) is 31.0. The van der Waals surface area contributed by atoms with Crippen molar-refractivity contribution in [2.75, 3.05) is 45.9 Å². The number of aliphatic carboxylic acids is 1. The van der Waals surface area contributed by atoms with Gasteiger partial charge in [-0.2, -0.15) is 0 Å². The lowest BCUT2D eigenvalue weighted by Gasteiger charge is -2.35. The highest BCUT2D eigenvalue weighted by Crippen LogP contribution is 2.30. The molecule has 0 saturated carbocycles. The maximum Gasteiger partial charge on any atom is 0.326 e. The lowest BCUT2D eigenvalue weighted by molar-refractivity contribution is -0.151. The Balaban J connectivity index is 1.15. The van der Waals surface area contributed by atoms with Gasteiger partial charge in [-0.15, -0.1) is 0 Å². The summed E-state index contributed by atoms with van der Waals surface area (Å²) in [6, 6.07) is -4.85. The number of nitrogens with two attached hydrogens (primary N) is 3. The molecule has 92 heavy (non-hydrogen) atoms. The highest BCUT2D eigenvalue weighted by Gasteiger charge is 2.51. The largest absolute Gasteiger partial charge is 0.508 e. The molecule has 32 nitrogen and oxygen atoms in total. The second kappa shape index (κ2) is 34.0.